The lowest BCUT2D eigenvalue weighted by atomic mass is 10.2. The Morgan fingerprint density at radius 2 is 1.55 bits per heavy atom. The normalized spacial score (nSPS) is 14.8. The molecule has 0 aliphatic carbocycles. The molecule has 0 aromatic heterocycles. The van der Waals surface area contributed by atoms with Crippen LogP contribution in [0.15, 0.2) is 42.5 Å². The maximum atomic E-state index is 13.8. The summed E-state index contributed by atoms with van der Waals surface area (Å²) in [4.78, 5) is 24.0. The second-order valence-electron chi connectivity index (χ2n) is 6.28. The number of benzene rings is 1. The smallest absolute Gasteiger partial charge is 0.421 e. The topological polar surface area (TPSA) is 116 Å². The number of alkyl halides is 7. The van der Waals surface area contributed by atoms with E-state index < -0.39 is 69.5 Å². The van der Waals surface area contributed by atoms with Gasteiger partial charge in [0.2, 0.25) is 0 Å². The molecular weight excluding hydrogens is 497 g/mol. The number of esters is 2. The summed E-state index contributed by atoms with van der Waals surface area (Å²) in [5, 5.41) is -6.12. The van der Waals surface area contributed by atoms with Gasteiger partial charge in [0, 0.05) is 12.0 Å². The minimum Gasteiger partial charge on any atom is -0.421 e. The van der Waals surface area contributed by atoms with Gasteiger partial charge in [-0.3, -0.25) is 4.55 Å². The van der Waals surface area contributed by atoms with Crippen LogP contribution in [0.4, 0.5) is 30.7 Å². The third-order valence-electron chi connectivity index (χ3n) is 3.65. The van der Waals surface area contributed by atoms with Crippen LogP contribution in [0.1, 0.15) is 13.3 Å². The van der Waals surface area contributed by atoms with Gasteiger partial charge in [-0.25, -0.2) is 9.59 Å². The highest BCUT2D eigenvalue weighted by atomic mass is 32.2. The van der Waals surface area contributed by atoms with Gasteiger partial charge in [0.05, 0.1) is 6.61 Å². The van der Waals surface area contributed by atoms with E-state index in [-0.39, 0.29) is 0 Å². The first-order valence-corrected chi connectivity index (χ1v) is 9.82. The van der Waals surface area contributed by atoms with Crippen molar-refractivity contribution in [3.63, 3.8) is 0 Å². The zero-order chi connectivity index (χ0) is 25.9. The van der Waals surface area contributed by atoms with Gasteiger partial charge < -0.3 is 14.2 Å². The quantitative estimate of drug-likeness (QED) is 0.127. The van der Waals surface area contributed by atoms with E-state index in [1.807, 2.05) is 0 Å². The van der Waals surface area contributed by atoms with Crippen LogP contribution in [0.5, 0.6) is 5.75 Å². The summed E-state index contributed by atoms with van der Waals surface area (Å²) in [6.07, 6.45) is -8.48. The molecule has 0 saturated heterocycles. The molecule has 8 nitrogen and oxygen atoms in total. The van der Waals surface area contributed by atoms with Crippen molar-refractivity contribution < 1.29 is 67.5 Å². The van der Waals surface area contributed by atoms with E-state index in [0.717, 1.165) is 19.1 Å². The molecular formula is C17H15F7O8S. The lowest BCUT2D eigenvalue weighted by molar-refractivity contribution is -0.354. The third kappa shape index (κ3) is 6.20. The fraction of sp³-hybridized carbons (Fsp3) is 0.412. The molecule has 0 spiro atoms. The molecule has 0 aliphatic rings. The Kier molecular flexibility index (Phi) is 8.27. The predicted molar refractivity (Wildman–Crippen MR) is 93.8 cm³/mol. The zero-order valence-corrected chi connectivity index (χ0v) is 17.2. The second-order valence-corrected chi connectivity index (χ2v) is 7.74. The van der Waals surface area contributed by atoms with Gasteiger partial charge in [-0.2, -0.15) is 39.2 Å². The number of halogens is 7. The Hall–Kier alpha value is -2.72. The molecule has 0 amide bonds. The van der Waals surface area contributed by atoms with Crippen LogP contribution in [-0.2, 0) is 29.2 Å². The van der Waals surface area contributed by atoms with Crippen molar-refractivity contribution in [2.45, 2.75) is 36.5 Å². The van der Waals surface area contributed by atoms with Gasteiger partial charge in [-0.15, -0.1) is 0 Å². The highest BCUT2D eigenvalue weighted by Gasteiger charge is 2.69. The first-order valence-electron chi connectivity index (χ1n) is 8.38. The molecule has 1 atom stereocenters. The summed E-state index contributed by atoms with van der Waals surface area (Å²) < 4.78 is 137. The maximum Gasteiger partial charge on any atom is 0.468 e. The number of carbonyl (C=O) groups excluding carboxylic acids is 2. The van der Waals surface area contributed by atoms with Crippen LogP contribution in [0, 0.1) is 0 Å². The molecule has 1 rings (SSSR count). The van der Waals surface area contributed by atoms with Crippen molar-refractivity contribution in [1.29, 1.82) is 0 Å². The number of rotatable bonds is 10. The second kappa shape index (κ2) is 9.64. The van der Waals surface area contributed by atoms with E-state index in [1.54, 1.807) is 0 Å². The largest absolute Gasteiger partial charge is 0.468 e. The number of hydrogen-bond acceptors (Lipinski definition) is 7. The Balaban J connectivity index is 3.35. The first-order chi connectivity index (χ1) is 14.8. The standard InChI is InChI=1S/C17H15F7O8S/c1-10(2)12(25)32-15(16(20,21)22,13(26)31-11-6-4-3-5-7-11)30-9-8-14(18,19)17(23,24)33(27,28)29/h3-7H,1,8-9H2,2H3,(H,27,28,29). The molecule has 1 aromatic rings. The molecule has 0 saturated carbocycles. The molecule has 0 heterocycles. The van der Waals surface area contributed by atoms with Crippen molar-refractivity contribution in [3.05, 3.63) is 42.5 Å². The molecule has 1 aromatic carbocycles. The summed E-state index contributed by atoms with van der Waals surface area (Å²) in [7, 11) is -6.69. The monoisotopic (exact) mass is 512 g/mol. The van der Waals surface area contributed by atoms with Crippen molar-refractivity contribution >= 4 is 22.1 Å². The van der Waals surface area contributed by atoms with Gasteiger partial charge in [0.1, 0.15) is 5.75 Å². The van der Waals surface area contributed by atoms with Crippen LogP contribution in [0.25, 0.3) is 0 Å². The molecule has 0 radical (unpaired) electrons. The summed E-state index contributed by atoms with van der Waals surface area (Å²) in [5.74, 6) is -15.3. The van der Waals surface area contributed by atoms with E-state index in [0.29, 0.717) is 0 Å². The highest BCUT2D eigenvalue weighted by Crippen LogP contribution is 2.42. The van der Waals surface area contributed by atoms with Crippen molar-refractivity contribution in [2.24, 2.45) is 0 Å². The van der Waals surface area contributed by atoms with Crippen molar-refractivity contribution in [3.8, 4) is 5.75 Å². The van der Waals surface area contributed by atoms with Gasteiger partial charge >= 0.3 is 45.2 Å². The third-order valence-corrected chi connectivity index (χ3v) is 4.60. The molecule has 1 N–H and O–H groups in total. The Labute approximate surface area is 181 Å². The summed E-state index contributed by atoms with van der Waals surface area (Å²) >= 11 is 0. The van der Waals surface area contributed by atoms with Crippen molar-refractivity contribution in [2.75, 3.05) is 6.61 Å². The number of carbonyl (C=O) groups is 2. The Bertz CT molecular complexity index is 992. The summed E-state index contributed by atoms with van der Waals surface area (Å²) in [5.41, 5.74) is -0.706. The molecule has 186 valence electrons. The summed E-state index contributed by atoms with van der Waals surface area (Å²) in [6.45, 7) is 1.71. The number of hydrogen-bond donors (Lipinski definition) is 1. The average molecular weight is 512 g/mol. The van der Waals surface area contributed by atoms with Crippen LogP contribution in [-0.4, -0.2) is 54.7 Å². The minimum absolute atomic E-state index is 0.533. The summed E-state index contributed by atoms with van der Waals surface area (Å²) in [6, 6.07) is 5.79. The molecule has 0 bridgehead atoms. The molecule has 16 heteroatoms. The van der Waals surface area contributed by atoms with E-state index in [4.69, 9.17) is 4.55 Å². The van der Waals surface area contributed by atoms with Gasteiger partial charge in [-0.05, 0) is 19.1 Å². The van der Waals surface area contributed by atoms with Crippen molar-refractivity contribution in [1.82, 2.24) is 0 Å². The fourth-order valence-electron chi connectivity index (χ4n) is 1.92. The predicted octanol–water partition coefficient (Wildman–Crippen LogP) is 3.49. The minimum atomic E-state index is -6.69. The first kappa shape index (κ1) is 28.3. The Morgan fingerprint density at radius 1 is 1.03 bits per heavy atom. The van der Waals surface area contributed by atoms with E-state index in [9.17, 15) is 48.7 Å². The number of para-hydroxylation sites is 1. The van der Waals surface area contributed by atoms with E-state index in [1.165, 1.54) is 18.2 Å². The van der Waals surface area contributed by atoms with Crippen LogP contribution >= 0.6 is 0 Å². The van der Waals surface area contributed by atoms with Gasteiger partial charge in [0.15, 0.2) is 0 Å². The number of ether oxygens (including phenoxy) is 3. The lowest BCUT2D eigenvalue weighted by Crippen LogP contribution is -2.59. The molecule has 1 unspecified atom stereocenters. The average Bonchev–Trinajstić information content (AvgIpc) is 2.65. The fourth-order valence-corrected chi connectivity index (χ4v) is 2.40. The van der Waals surface area contributed by atoms with Gasteiger partial charge in [0.25, 0.3) is 0 Å². The molecule has 0 fully saturated rings. The molecule has 33 heavy (non-hydrogen) atoms. The zero-order valence-electron chi connectivity index (χ0n) is 16.4. The maximum absolute atomic E-state index is 13.8. The van der Waals surface area contributed by atoms with E-state index >= 15 is 0 Å². The Morgan fingerprint density at radius 3 is 1.97 bits per heavy atom. The van der Waals surface area contributed by atoms with Gasteiger partial charge in [-0.1, -0.05) is 24.8 Å². The molecule has 0 aliphatic heterocycles. The van der Waals surface area contributed by atoms with Crippen LogP contribution in [0.2, 0.25) is 0 Å². The van der Waals surface area contributed by atoms with Crippen LogP contribution in [0.3, 0.4) is 0 Å². The van der Waals surface area contributed by atoms with E-state index in [2.05, 4.69) is 20.8 Å². The lowest BCUT2D eigenvalue weighted by Gasteiger charge is -2.33. The highest BCUT2D eigenvalue weighted by molar-refractivity contribution is 7.87. The van der Waals surface area contributed by atoms with Crippen LogP contribution < -0.4 is 4.74 Å². The SMILES string of the molecule is C=C(C)C(=O)OC(OCCC(F)(F)C(F)(F)S(=O)(=O)O)(C(=O)Oc1ccccc1)C(F)(F)F.